The number of methoxy groups -OCH3 is 1. The van der Waals surface area contributed by atoms with E-state index in [-0.39, 0.29) is 18.4 Å². The second-order valence-corrected chi connectivity index (χ2v) is 10.6. The molecular formula is C30H34Cl2N4O3. The van der Waals surface area contributed by atoms with Gasteiger partial charge in [0, 0.05) is 46.4 Å². The molecule has 0 bridgehead atoms. The third kappa shape index (κ3) is 5.63. The number of nitrogens with zero attached hydrogens (tertiary/aromatic N) is 2. The molecule has 0 saturated heterocycles. The van der Waals surface area contributed by atoms with Crippen LogP contribution in [0.4, 0.5) is 5.69 Å². The Morgan fingerprint density at radius 2 is 1.79 bits per heavy atom. The number of hydrogen-bond donors (Lipinski definition) is 2. The first kappa shape index (κ1) is 28.9. The molecule has 0 fully saturated rings. The minimum absolute atomic E-state index is 0.131. The van der Waals surface area contributed by atoms with Crippen molar-refractivity contribution in [1.29, 1.82) is 0 Å². The fraction of sp³-hybridized carbons (Fsp3) is 0.333. The highest BCUT2D eigenvalue weighted by atomic mass is 35.5. The van der Waals surface area contributed by atoms with Gasteiger partial charge < -0.3 is 20.3 Å². The standard InChI is InChI=1S/C30H34Cl2N4O3/c1-35(2)28(37)20-11-12-21(27(17-20)39-3)19-36-26-14-13-22(31)18-24(26)30(29(36)38,34-16-8-4-7-15-33)23-9-5-6-10-25(23)32/h5-6,9-14,17-18,34H,4,7-8,15-16,19,33H2,1-3H3. The van der Waals surface area contributed by atoms with Crippen LogP contribution in [-0.4, -0.2) is 51.0 Å². The number of carbonyl (C=O) groups is 2. The van der Waals surface area contributed by atoms with Crippen LogP contribution in [0.15, 0.2) is 60.7 Å². The quantitative estimate of drug-likeness (QED) is 0.310. The lowest BCUT2D eigenvalue weighted by Gasteiger charge is -2.32. The highest BCUT2D eigenvalue weighted by molar-refractivity contribution is 6.32. The van der Waals surface area contributed by atoms with Gasteiger partial charge in [-0.1, -0.05) is 53.9 Å². The van der Waals surface area contributed by atoms with Gasteiger partial charge in [0.25, 0.3) is 11.8 Å². The molecule has 7 nitrogen and oxygen atoms in total. The Balaban J connectivity index is 1.80. The summed E-state index contributed by atoms with van der Waals surface area (Å²) in [6, 6.07) is 18.2. The molecule has 1 atom stereocenters. The first-order chi connectivity index (χ1) is 18.7. The molecule has 206 valence electrons. The Morgan fingerprint density at radius 3 is 2.49 bits per heavy atom. The smallest absolute Gasteiger partial charge is 0.257 e. The molecule has 0 radical (unpaired) electrons. The van der Waals surface area contributed by atoms with Gasteiger partial charge in [-0.3, -0.25) is 14.9 Å². The van der Waals surface area contributed by atoms with Crippen LogP contribution in [0.5, 0.6) is 5.75 Å². The van der Waals surface area contributed by atoms with Gasteiger partial charge in [0.2, 0.25) is 0 Å². The molecule has 1 aliphatic heterocycles. The Labute approximate surface area is 239 Å². The fourth-order valence-electron chi connectivity index (χ4n) is 5.08. The summed E-state index contributed by atoms with van der Waals surface area (Å²) in [5, 5.41) is 4.57. The van der Waals surface area contributed by atoms with Crippen molar-refractivity contribution in [3.8, 4) is 5.75 Å². The van der Waals surface area contributed by atoms with E-state index in [1.54, 1.807) is 50.4 Å². The molecule has 2 amide bonds. The van der Waals surface area contributed by atoms with Gasteiger partial charge in [-0.2, -0.15) is 0 Å². The monoisotopic (exact) mass is 568 g/mol. The van der Waals surface area contributed by atoms with Crippen molar-refractivity contribution in [2.75, 3.05) is 39.2 Å². The van der Waals surface area contributed by atoms with Crippen molar-refractivity contribution in [2.24, 2.45) is 5.73 Å². The second kappa shape index (κ2) is 12.4. The highest BCUT2D eigenvalue weighted by Crippen LogP contribution is 2.48. The van der Waals surface area contributed by atoms with Crippen molar-refractivity contribution >= 4 is 40.7 Å². The number of hydrogen-bond acceptors (Lipinski definition) is 5. The molecule has 4 rings (SSSR count). The maximum absolute atomic E-state index is 14.6. The first-order valence-electron chi connectivity index (χ1n) is 12.9. The molecule has 1 unspecified atom stereocenters. The third-order valence-electron chi connectivity index (χ3n) is 7.04. The number of anilines is 1. The zero-order valence-electron chi connectivity index (χ0n) is 22.5. The van der Waals surface area contributed by atoms with E-state index in [0.717, 1.165) is 36.1 Å². The van der Waals surface area contributed by atoms with Crippen LogP contribution in [-0.2, 0) is 16.9 Å². The number of unbranched alkanes of at least 4 members (excludes halogenated alkanes) is 2. The molecule has 1 heterocycles. The summed E-state index contributed by atoms with van der Waals surface area (Å²) < 4.78 is 5.65. The largest absolute Gasteiger partial charge is 0.496 e. The van der Waals surface area contributed by atoms with Gasteiger partial charge >= 0.3 is 0 Å². The number of amides is 2. The predicted octanol–water partition coefficient (Wildman–Crippen LogP) is 5.21. The maximum Gasteiger partial charge on any atom is 0.257 e. The Bertz CT molecular complexity index is 1360. The van der Waals surface area contributed by atoms with E-state index in [9.17, 15) is 9.59 Å². The van der Waals surface area contributed by atoms with E-state index in [1.165, 1.54) is 4.90 Å². The first-order valence-corrected chi connectivity index (χ1v) is 13.7. The molecule has 0 aliphatic carbocycles. The van der Waals surface area contributed by atoms with Gasteiger partial charge in [0.05, 0.1) is 19.3 Å². The van der Waals surface area contributed by atoms with Crippen molar-refractivity contribution < 1.29 is 14.3 Å². The van der Waals surface area contributed by atoms with Crippen LogP contribution in [0, 0.1) is 0 Å². The van der Waals surface area contributed by atoms with Crippen LogP contribution < -0.4 is 20.7 Å². The van der Waals surface area contributed by atoms with E-state index in [0.29, 0.717) is 40.0 Å². The summed E-state index contributed by atoms with van der Waals surface area (Å²) in [6.45, 7) is 1.44. The molecule has 0 aromatic heterocycles. The molecule has 39 heavy (non-hydrogen) atoms. The second-order valence-electron chi connectivity index (χ2n) is 9.78. The molecule has 0 spiro atoms. The number of fused-ring (bicyclic) bond motifs is 1. The van der Waals surface area contributed by atoms with Gasteiger partial charge in [-0.15, -0.1) is 0 Å². The van der Waals surface area contributed by atoms with Gasteiger partial charge in [0.1, 0.15) is 5.75 Å². The lowest BCUT2D eigenvalue weighted by atomic mass is 9.83. The third-order valence-corrected chi connectivity index (χ3v) is 7.60. The summed E-state index contributed by atoms with van der Waals surface area (Å²) >= 11 is 13.2. The zero-order valence-corrected chi connectivity index (χ0v) is 24.0. The van der Waals surface area contributed by atoms with Crippen LogP contribution in [0.3, 0.4) is 0 Å². The van der Waals surface area contributed by atoms with Crippen LogP contribution >= 0.6 is 23.2 Å². The number of nitrogens with one attached hydrogen (secondary N) is 1. The molecule has 3 aromatic carbocycles. The van der Waals surface area contributed by atoms with E-state index in [4.69, 9.17) is 33.7 Å². The molecule has 3 aromatic rings. The fourth-order valence-corrected chi connectivity index (χ4v) is 5.53. The Morgan fingerprint density at radius 1 is 1.03 bits per heavy atom. The predicted molar refractivity (Wildman–Crippen MR) is 157 cm³/mol. The van der Waals surface area contributed by atoms with Crippen molar-refractivity contribution in [3.05, 3.63) is 93.0 Å². The van der Waals surface area contributed by atoms with Crippen molar-refractivity contribution in [1.82, 2.24) is 10.2 Å². The lowest BCUT2D eigenvalue weighted by Crippen LogP contribution is -2.52. The number of ether oxygens (including phenoxy) is 1. The number of benzene rings is 3. The van der Waals surface area contributed by atoms with Crippen molar-refractivity contribution in [2.45, 2.75) is 31.3 Å². The molecule has 9 heteroatoms. The summed E-state index contributed by atoms with van der Waals surface area (Å²) in [4.78, 5) is 30.3. The van der Waals surface area contributed by atoms with Crippen molar-refractivity contribution in [3.63, 3.8) is 0 Å². The lowest BCUT2D eigenvalue weighted by molar-refractivity contribution is -0.123. The Kier molecular flexibility index (Phi) is 9.18. The Hall–Kier alpha value is -3.10. The van der Waals surface area contributed by atoms with E-state index in [2.05, 4.69) is 5.32 Å². The number of rotatable bonds is 11. The van der Waals surface area contributed by atoms with E-state index >= 15 is 0 Å². The van der Waals surface area contributed by atoms with Gasteiger partial charge in [-0.25, -0.2) is 0 Å². The molecule has 0 saturated carbocycles. The minimum Gasteiger partial charge on any atom is -0.496 e. The normalized spacial score (nSPS) is 16.4. The zero-order chi connectivity index (χ0) is 28.2. The van der Waals surface area contributed by atoms with Crippen LogP contribution in [0.1, 0.15) is 46.3 Å². The molecular weight excluding hydrogens is 535 g/mol. The topological polar surface area (TPSA) is 87.9 Å². The summed E-state index contributed by atoms with van der Waals surface area (Å²) in [6.07, 6.45) is 2.70. The average molecular weight is 570 g/mol. The number of carbonyl (C=O) groups excluding carboxylic acids is 2. The number of nitrogens with two attached hydrogens (primary N) is 1. The highest BCUT2D eigenvalue weighted by Gasteiger charge is 2.53. The summed E-state index contributed by atoms with van der Waals surface area (Å²) in [5.74, 6) is 0.229. The van der Waals surface area contributed by atoms with Gasteiger partial charge in [-0.05, 0) is 62.3 Å². The summed E-state index contributed by atoms with van der Waals surface area (Å²) in [5.41, 5.74) is 7.86. The molecule has 1 aliphatic rings. The molecule has 3 N–H and O–H groups in total. The minimum atomic E-state index is -1.23. The number of halogens is 2. The van der Waals surface area contributed by atoms with E-state index in [1.807, 2.05) is 36.4 Å². The van der Waals surface area contributed by atoms with Gasteiger partial charge in [0.15, 0.2) is 5.54 Å². The average Bonchev–Trinajstić information content (AvgIpc) is 3.15. The van der Waals surface area contributed by atoms with Crippen LogP contribution in [0.2, 0.25) is 10.0 Å². The SMILES string of the molecule is COc1cc(C(=O)N(C)C)ccc1CN1C(=O)C(NCCCCCN)(c2ccccc2Cl)c2cc(Cl)ccc21. The van der Waals surface area contributed by atoms with E-state index < -0.39 is 5.54 Å². The maximum atomic E-state index is 14.6. The van der Waals surface area contributed by atoms with Crippen LogP contribution in [0.25, 0.3) is 0 Å². The summed E-state index contributed by atoms with van der Waals surface area (Å²) in [7, 11) is 4.95.